The van der Waals surface area contributed by atoms with Gasteiger partial charge in [-0.1, -0.05) is 0 Å². The lowest BCUT2D eigenvalue weighted by Gasteiger charge is -2.20. The molecule has 0 radical (unpaired) electrons. The average Bonchev–Trinajstić information content (AvgIpc) is 2.29. The molecule has 4 nitrogen and oxygen atoms in total. The zero-order valence-corrected chi connectivity index (χ0v) is 8.88. The number of carbonyl (C=O) groups excluding carboxylic acids is 1. The molecule has 0 saturated carbocycles. The first kappa shape index (κ1) is 10.9. The van der Waals surface area contributed by atoms with Gasteiger partial charge in [-0.05, 0) is 19.2 Å². The monoisotopic (exact) mass is 225 g/mol. The molecule has 1 aliphatic rings. The average molecular weight is 225 g/mol. The van der Waals surface area contributed by atoms with Crippen molar-refractivity contribution in [3.05, 3.63) is 23.5 Å². The van der Waals surface area contributed by atoms with Crippen LogP contribution in [0.4, 0.5) is 4.39 Å². The highest BCUT2D eigenvalue weighted by molar-refractivity contribution is 6.01. The predicted molar refractivity (Wildman–Crippen MR) is 55.6 cm³/mol. The van der Waals surface area contributed by atoms with Gasteiger partial charge in [0.1, 0.15) is 24.6 Å². The summed E-state index contributed by atoms with van der Waals surface area (Å²) in [5.74, 6) is -0.287. The van der Waals surface area contributed by atoms with E-state index in [0.717, 1.165) is 0 Å². The van der Waals surface area contributed by atoms with Crippen molar-refractivity contribution in [2.24, 2.45) is 0 Å². The van der Waals surface area contributed by atoms with Crippen molar-refractivity contribution < 1.29 is 18.7 Å². The molecule has 1 N–H and O–H groups in total. The van der Waals surface area contributed by atoms with Crippen LogP contribution in [-0.4, -0.2) is 32.6 Å². The Morgan fingerprint density at radius 3 is 2.94 bits per heavy atom. The molecule has 0 saturated heterocycles. The van der Waals surface area contributed by atoms with Gasteiger partial charge in [0.15, 0.2) is 17.3 Å². The highest BCUT2D eigenvalue weighted by atomic mass is 19.1. The van der Waals surface area contributed by atoms with E-state index in [2.05, 4.69) is 5.32 Å². The number of hydrogen-bond acceptors (Lipinski definition) is 4. The van der Waals surface area contributed by atoms with E-state index in [-0.39, 0.29) is 23.6 Å². The number of ketones is 1. The highest BCUT2D eigenvalue weighted by Gasteiger charge is 2.23. The number of carbonyl (C=O) groups is 1. The Bertz CT molecular complexity index is 420. The second kappa shape index (κ2) is 4.49. The number of hydrogen-bond donors (Lipinski definition) is 1. The summed E-state index contributed by atoms with van der Waals surface area (Å²) in [6, 6.07) is 2.69. The lowest BCUT2D eigenvalue weighted by atomic mass is 10.1. The standard InChI is InChI=1S/C11H12FNO3/c1-13-6-8(14)10-7(12)2-3-9-11(10)16-5-4-15-9/h2-3,13H,4-6H2,1H3. The van der Waals surface area contributed by atoms with Crippen LogP contribution < -0.4 is 14.8 Å². The Balaban J connectivity index is 2.45. The van der Waals surface area contributed by atoms with Crippen LogP contribution in [0.5, 0.6) is 11.5 Å². The van der Waals surface area contributed by atoms with E-state index in [1.54, 1.807) is 7.05 Å². The van der Waals surface area contributed by atoms with E-state index in [1.807, 2.05) is 0 Å². The van der Waals surface area contributed by atoms with Crippen molar-refractivity contribution in [1.82, 2.24) is 5.32 Å². The van der Waals surface area contributed by atoms with E-state index in [4.69, 9.17) is 9.47 Å². The van der Waals surface area contributed by atoms with Gasteiger partial charge in [0.25, 0.3) is 0 Å². The second-order valence-electron chi connectivity index (χ2n) is 3.40. The smallest absolute Gasteiger partial charge is 0.183 e. The van der Waals surface area contributed by atoms with Gasteiger partial charge in [0, 0.05) is 0 Å². The summed E-state index contributed by atoms with van der Waals surface area (Å²) in [7, 11) is 1.63. The predicted octanol–water partition coefficient (Wildman–Crippen LogP) is 0.999. The fourth-order valence-corrected chi connectivity index (χ4v) is 1.60. The third-order valence-corrected chi connectivity index (χ3v) is 2.27. The zero-order chi connectivity index (χ0) is 11.5. The molecule has 2 rings (SSSR count). The molecule has 0 spiro atoms. The zero-order valence-electron chi connectivity index (χ0n) is 8.88. The van der Waals surface area contributed by atoms with Crippen molar-refractivity contribution in [2.45, 2.75) is 0 Å². The van der Waals surface area contributed by atoms with E-state index in [1.165, 1.54) is 12.1 Å². The molecule has 0 unspecified atom stereocenters. The molecule has 0 fully saturated rings. The fourth-order valence-electron chi connectivity index (χ4n) is 1.60. The third kappa shape index (κ3) is 1.86. The van der Waals surface area contributed by atoms with Gasteiger partial charge >= 0.3 is 0 Å². The number of Topliss-reactive ketones (excluding diaryl/α,β-unsaturated/α-hetero) is 1. The second-order valence-corrected chi connectivity index (χ2v) is 3.40. The Morgan fingerprint density at radius 1 is 1.44 bits per heavy atom. The number of halogens is 1. The summed E-state index contributed by atoms with van der Waals surface area (Å²) < 4.78 is 24.1. The Morgan fingerprint density at radius 2 is 2.19 bits per heavy atom. The van der Waals surface area contributed by atoms with Crippen molar-refractivity contribution in [3.63, 3.8) is 0 Å². The topological polar surface area (TPSA) is 47.6 Å². The molecule has 1 heterocycles. The molecule has 1 aliphatic heterocycles. The molecule has 86 valence electrons. The fraction of sp³-hybridized carbons (Fsp3) is 0.364. The summed E-state index contributed by atoms with van der Waals surface area (Å²) in [6.45, 7) is 0.811. The summed E-state index contributed by atoms with van der Waals surface area (Å²) in [4.78, 5) is 11.7. The van der Waals surface area contributed by atoms with Gasteiger partial charge in [0.2, 0.25) is 0 Å². The molecular weight excluding hydrogens is 213 g/mol. The lowest BCUT2D eigenvalue weighted by molar-refractivity contribution is 0.0977. The van der Waals surface area contributed by atoms with Crippen molar-refractivity contribution in [1.29, 1.82) is 0 Å². The summed E-state index contributed by atoms with van der Waals surface area (Å²) in [5.41, 5.74) is -0.0356. The van der Waals surface area contributed by atoms with Crippen LogP contribution in [0, 0.1) is 5.82 Å². The van der Waals surface area contributed by atoms with Gasteiger partial charge in [0.05, 0.1) is 6.54 Å². The SMILES string of the molecule is CNCC(=O)c1c(F)ccc2c1OCCO2. The maximum atomic E-state index is 13.6. The third-order valence-electron chi connectivity index (χ3n) is 2.27. The minimum Gasteiger partial charge on any atom is -0.486 e. The number of ether oxygens (including phenoxy) is 2. The van der Waals surface area contributed by atoms with Crippen LogP contribution in [0.15, 0.2) is 12.1 Å². The van der Waals surface area contributed by atoms with E-state index in [9.17, 15) is 9.18 Å². The molecule has 1 aromatic rings. The molecule has 0 atom stereocenters. The van der Waals surface area contributed by atoms with Crippen LogP contribution in [0.1, 0.15) is 10.4 Å². The normalized spacial score (nSPS) is 13.6. The Labute approximate surface area is 92.4 Å². The minimum atomic E-state index is -0.579. The maximum absolute atomic E-state index is 13.6. The number of nitrogens with one attached hydrogen (secondary N) is 1. The molecule has 16 heavy (non-hydrogen) atoms. The Kier molecular flexibility index (Phi) is 3.05. The van der Waals surface area contributed by atoms with Crippen molar-refractivity contribution in [2.75, 3.05) is 26.8 Å². The highest BCUT2D eigenvalue weighted by Crippen LogP contribution is 2.35. The van der Waals surface area contributed by atoms with Crippen LogP contribution in [0.25, 0.3) is 0 Å². The van der Waals surface area contributed by atoms with Crippen molar-refractivity contribution >= 4 is 5.78 Å². The molecule has 0 amide bonds. The summed E-state index contributed by atoms with van der Waals surface area (Å²) in [6.07, 6.45) is 0. The van der Waals surface area contributed by atoms with Crippen LogP contribution in [0.2, 0.25) is 0 Å². The van der Waals surface area contributed by atoms with E-state index in [0.29, 0.717) is 19.0 Å². The number of benzene rings is 1. The van der Waals surface area contributed by atoms with Gasteiger partial charge in [-0.3, -0.25) is 4.79 Å². The van der Waals surface area contributed by atoms with Crippen LogP contribution in [-0.2, 0) is 0 Å². The Hall–Kier alpha value is -1.62. The molecule has 0 bridgehead atoms. The maximum Gasteiger partial charge on any atom is 0.183 e. The largest absolute Gasteiger partial charge is 0.486 e. The van der Waals surface area contributed by atoms with Gasteiger partial charge in [-0.25, -0.2) is 4.39 Å². The first-order chi connectivity index (χ1) is 7.74. The van der Waals surface area contributed by atoms with Gasteiger partial charge in [-0.15, -0.1) is 0 Å². The molecule has 1 aromatic carbocycles. The summed E-state index contributed by atoms with van der Waals surface area (Å²) >= 11 is 0. The summed E-state index contributed by atoms with van der Waals surface area (Å²) in [5, 5.41) is 2.69. The lowest BCUT2D eigenvalue weighted by Crippen LogP contribution is -2.23. The minimum absolute atomic E-state index is 0.0356. The van der Waals surface area contributed by atoms with E-state index < -0.39 is 5.82 Å². The number of rotatable bonds is 3. The van der Waals surface area contributed by atoms with Crippen molar-refractivity contribution in [3.8, 4) is 11.5 Å². The molecule has 5 heteroatoms. The first-order valence-electron chi connectivity index (χ1n) is 5.00. The van der Waals surface area contributed by atoms with Crippen LogP contribution >= 0.6 is 0 Å². The quantitative estimate of drug-likeness (QED) is 0.779. The number of fused-ring (bicyclic) bond motifs is 1. The van der Waals surface area contributed by atoms with Crippen LogP contribution in [0.3, 0.4) is 0 Å². The van der Waals surface area contributed by atoms with E-state index >= 15 is 0 Å². The number of likely N-dealkylation sites (N-methyl/N-ethyl adjacent to an activating group) is 1. The molecule has 0 aliphatic carbocycles. The molecule has 0 aromatic heterocycles. The molecular formula is C11H12FNO3. The first-order valence-corrected chi connectivity index (χ1v) is 5.00. The van der Waals surface area contributed by atoms with Gasteiger partial charge < -0.3 is 14.8 Å². The van der Waals surface area contributed by atoms with Gasteiger partial charge in [-0.2, -0.15) is 0 Å².